The highest BCUT2D eigenvalue weighted by Gasteiger charge is 2.23. The van der Waals surface area contributed by atoms with E-state index >= 15 is 0 Å². The lowest BCUT2D eigenvalue weighted by Crippen LogP contribution is -2.27. The smallest absolute Gasteiger partial charge is 0.270 e. The first-order valence-electron chi connectivity index (χ1n) is 8.97. The summed E-state index contributed by atoms with van der Waals surface area (Å²) >= 11 is 3.28. The van der Waals surface area contributed by atoms with E-state index in [1.165, 1.54) is 18.2 Å². The van der Waals surface area contributed by atoms with Crippen molar-refractivity contribution in [1.29, 1.82) is 0 Å². The maximum Gasteiger partial charge on any atom is 0.270 e. The second-order valence-electron chi connectivity index (χ2n) is 6.47. The van der Waals surface area contributed by atoms with Gasteiger partial charge in [0.25, 0.3) is 11.6 Å². The van der Waals surface area contributed by atoms with Crippen molar-refractivity contribution in [2.45, 2.75) is 6.04 Å². The van der Waals surface area contributed by atoms with Crippen molar-refractivity contribution in [2.24, 2.45) is 0 Å². The fourth-order valence-electron chi connectivity index (χ4n) is 3.02. The average Bonchev–Trinajstić information content (AvgIpc) is 3.21. The molecule has 0 radical (unpaired) electrons. The maximum atomic E-state index is 13.1. The first-order chi connectivity index (χ1) is 14.5. The molecule has 9 heteroatoms. The number of amides is 1. The number of nitro groups is 1. The van der Waals surface area contributed by atoms with Crippen molar-refractivity contribution in [3.8, 4) is 11.5 Å². The van der Waals surface area contributed by atoms with E-state index in [4.69, 9.17) is 9.47 Å². The highest BCUT2D eigenvalue weighted by Crippen LogP contribution is 2.35. The van der Waals surface area contributed by atoms with Crippen LogP contribution in [0.1, 0.15) is 11.6 Å². The molecule has 0 bridgehead atoms. The van der Waals surface area contributed by atoms with Crippen molar-refractivity contribution in [3.05, 3.63) is 86.9 Å². The van der Waals surface area contributed by atoms with Crippen LogP contribution < -0.4 is 20.1 Å². The topological polar surface area (TPSA) is 103 Å². The first-order valence-corrected chi connectivity index (χ1v) is 9.76. The van der Waals surface area contributed by atoms with Crippen molar-refractivity contribution in [1.82, 2.24) is 0 Å². The minimum atomic E-state index is -0.714. The minimum absolute atomic E-state index is 0.0713. The molecule has 4 rings (SSSR count). The van der Waals surface area contributed by atoms with Gasteiger partial charge in [0.05, 0.1) is 10.6 Å². The van der Waals surface area contributed by atoms with Crippen molar-refractivity contribution >= 4 is 38.9 Å². The van der Waals surface area contributed by atoms with Gasteiger partial charge in [0, 0.05) is 28.4 Å². The summed E-state index contributed by atoms with van der Waals surface area (Å²) in [6.45, 7) is 0.162. The fraction of sp³-hybridized carbons (Fsp3) is 0.0952. The summed E-state index contributed by atoms with van der Waals surface area (Å²) in [5.41, 5.74) is 1.80. The van der Waals surface area contributed by atoms with Crippen LogP contribution in [0, 0.1) is 10.1 Å². The van der Waals surface area contributed by atoms with E-state index in [0.29, 0.717) is 27.3 Å². The molecule has 0 aromatic heterocycles. The number of nitrogens with zero attached hydrogens (tertiary/aromatic N) is 1. The molecule has 30 heavy (non-hydrogen) atoms. The van der Waals surface area contributed by atoms with Crippen LogP contribution in [0.4, 0.5) is 17.1 Å². The molecule has 0 aliphatic carbocycles. The third kappa shape index (κ3) is 4.20. The van der Waals surface area contributed by atoms with E-state index in [2.05, 4.69) is 26.6 Å². The fourth-order valence-corrected chi connectivity index (χ4v) is 3.49. The maximum absolute atomic E-state index is 13.1. The van der Waals surface area contributed by atoms with E-state index in [0.717, 1.165) is 5.56 Å². The average molecular weight is 470 g/mol. The second-order valence-corrected chi connectivity index (χ2v) is 7.32. The van der Waals surface area contributed by atoms with Gasteiger partial charge in [-0.15, -0.1) is 0 Å². The highest BCUT2D eigenvalue weighted by molar-refractivity contribution is 9.10. The van der Waals surface area contributed by atoms with Crippen LogP contribution in [0.2, 0.25) is 0 Å². The summed E-state index contributed by atoms with van der Waals surface area (Å²) in [4.78, 5) is 23.6. The van der Waals surface area contributed by atoms with Gasteiger partial charge < -0.3 is 20.1 Å². The molecular formula is C21H16BrN3O5. The predicted molar refractivity (Wildman–Crippen MR) is 115 cm³/mol. The van der Waals surface area contributed by atoms with Gasteiger partial charge in [-0.2, -0.15) is 0 Å². The quantitative estimate of drug-likeness (QED) is 0.394. The van der Waals surface area contributed by atoms with Crippen LogP contribution in [0.3, 0.4) is 0 Å². The Morgan fingerprint density at radius 2 is 1.80 bits per heavy atom. The number of anilines is 2. The Morgan fingerprint density at radius 1 is 1.03 bits per heavy atom. The Kier molecular flexibility index (Phi) is 5.53. The molecule has 1 aliphatic heterocycles. The third-order valence-electron chi connectivity index (χ3n) is 4.50. The minimum Gasteiger partial charge on any atom is -0.454 e. The number of nitrogens with one attached hydrogen (secondary N) is 2. The molecule has 1 atom stereocenters. The second kappa shape index (κ2) is 8.42. The Morgan fingerprint density at radius 3 is 2.53 bits per heavy atom. The summed E-state index contributed by atoms with van der Waals surface area (Å²) < 4.78 is 11.1. The summed E-state index contributed by atoms with van der Waals surface area (Å²) in [6, 6.07) is 18.1. The summed E-state index contributed by atoms with van der Waals surface area (Å²) in [5.74, 6) is 0.926. The molecule has 3 aromatic carbocycles. The number of non-ortho nitro benzene ring substituents is 1. The number of halogens is 1. The van der Waals surface area contributed by atoms with E-state index < -0.39 is 11.0 Å². The molecule has 8 nitrogen and oxygen atoms in total. The van der Waals surface area contributed by atoms with E-state index in [-0.39, 0.29) is 18.4 Å². The molecule has 0 spiro atoms. The number of rotatable bonds is 6. The van der Waals surface area contributed by atoms with Gasteiger partial charge >= 0.3 is 0 Å². The van der Waals surface area contributed by atoms with Gasteiger partial charge in [-0.25, -0.2) is 0 Å². The monoisotopic (exact) mass is 469 g/mol. The van der Waals surface area contributed by atoms with Crippen molar-refractivity contribution in [2.75, 3.05) is 17.4 Å². The van der Waals surface area contributed by atoms with E-state index in [1.54, 1.807) is 18.2 Å². The Bertz CT molecular complexity index is 1110. The third-order valence-corrected chi connectivity index (χ3v) is 5.16. The number of hydrogen-bond acceptors (Lipinski definition) is 6. The zero-order valence-corrected chi connectivity index (χ0v) is 17.1. The molecule has 1 heterocycles. The zero-order chi connectivity index (χ0) is 21.1. The summed E-state index contributed by atoms with van der Waals surface area (Å²) in [6.07, 6.45) is 0. The molecule has 3 aromatic rings. The standard InChI is InChI=1S/C21H16BrN3O5/c22-16-11-15(25(27)28)7-8-17(16)24-21(26)20(13-4-2-1-3-5-13)23-14-6-9-18-19(10-14)30-12-29-18/h1-11,20,23H,12H2,(H,24,26)/t20-/m1/s1. The van der Waals surface area contributed by atoms with Crippen LogP contribution in [-0.2, 0) is 4.79 Å². The molecule has 2 N–H and O–H groups in total. The number of hydrogen-bond donors (Lipinski definition) is 2. The lowest BCUT2D eigenvalue weighted by atomic mass is 10.1. The lowest BCUT2D eigenvalue weighted by Gasteiger charge is -2.20. The van der Waals surface area contributed by atoms with Crippen LogP contribution in [0.5, 0.6) is 11.5 Å². The number of nitro benzene ring substituents is 1. The molecule has 152 valence electrons. The number of ether oxygens (including phenoxy) is 2. The zero-order valence-electron chi connectivity index (χ0n) is 15.5. The van der Waals surface area contributed by atoms with Gasteiger partial charge in [0.15, 0.2) is 11.5 Å². The number of carbonyl (C=O) groups excluding carboxylic acids is 1. The van der Waals surface area contributed by atoms with E-state index in [9.17, 15) is 14.9 Å². The molecule has 0 saturated heterocycles. The lowest BCUT2D eigenvalue weighted by molar-refractivity contribution is -0.384. The van der Waals surface area contributed by atoms with E-state index in [1.807, 2.05) is 30.3 Å². The largest absolute Gasteiger partial charge is 0.454 e. The number of benzene rings is 3. The van der Waals surface area contributed by atoms with Crippen LogP contribution in [0.25, 0.3) is 0 Å². The Balaban J connectivity index is 1.60. The number of fused-ring (bicyclic) bond motifs is 1. The first kappa shape index (κ1) is 19.7. The van der Waals surface area contributed by atoms with Gasteiger partial charge in [-0.1, -0.05) is 30.3 Å². The van der Waals surface area contributed by atoms with Crippen LogP contribution >= 0.6 is 15.9 Å². The summed E-state index contributed by atoms with van der Waals surface area (Å²) in [7, 11) is 0. The molecular weight excluding hydrogens is 454 g/mol. The van der Waals surface area contributed by atoms with Crippen molar-refractivity contribution < 1.29 is 19.2 Å². The Labute approximate surface area is 180 Å². The van der Waals surface area contributed by atoms with Crippen LogP contribution in [0.15, 0.2) is 71.2 Å². The van der Waals surface area contributed by atoms with Crippen molar-refractivity contribution in [3.63, 3.8) is 0 Å². The molecule has 0 fully saturated rings. The molecule has 1 aliphatic rings. The normalized spacial score (nSPS) is 12.8. The Hall–Kier alpha value is -3.59. The van der Waals surface area contributed by atoms with Crippen LogP contribution in [-0.4, -0.2) is 17.6 Å². The summed E-state index contributed by atoms with van der Waals surface area (Å²) in [5, 5.41) is 17.0. The van der Waals surface area contributed by atoms with Gasteiger partial charge in [0.1, 0.15) is 6.04 Å². The van der Waals surface area contributed by atoms with Gasteiger partial charge in [0.2, 0.25) is 6.79 Å². The molecule has 0 unspecified atom stereocenters. The number of carbonyl (C=O) groups is 1. The molecule has 1 amide bonds. The van der Waals surface area contributed by atoms with Gasteiger partial charge in [-0.05, 0) is 39.7 Å². The predicted octanol–water partition coefficient (Wildman–Crippen LogP) is 4.88. The molecule has 0 saturated carbocycles. The highest BCUT2D eigenvalue weighted by atomic mass is 79.9. The van der Waals surface area contributed by atoms with Gasteiger partial charge in [-0.3, -0.25) is 14.9 Å². The SMILES string of the molecule is O=C(Nc1ccc([N+](=O)[O-])cc1Br)[C@H](Nc1ccc2c(c1)OCO2)c1ccccc1.